The van der Waals surface area contributed by atoms with Crippen LogP contribution in [0, 0.1) is 17.0 Å². The molecule has 38 heavy (non-hydrogen) atoms. The number of aromatic nitrogens is 1. The highest BCUT2D eigenvalue weighted by Gasteiger charge is 2.14. The third-order valence-electron chi connectivity index (χ3n) is 5.52. The number of carbonyl (C=O) groups is 1. The fraction of sp³-hybridized carbons (Fsp3) is 0.107. The van der Waals surface area contributed by atoms with Crippen LogP contribution in [0.2, 0.25) is 0 Å². The molecule has 2 N–H and O–H groups in total. The van der Waals surface area contributed by atoms with Gasteiger partial charge < -0.3 is 10.2 Å². The van der Waals surface area contributed by atoms with Gasteiger partial charge in [-0.3, -0.25) is 14.9 Å². The van der Waals surface area contributed by atoms with Crippen LogP contribution in [0.15, 0.2) is 90.0 Å². The Morgan fingerprint density at radius 1 is 1.03 bits per heavy atom. The molecule has 1 amide bonds. The lowest BCUT2D eigenvalue weighted by Crippen LogP contribution is -2.19. The third-order valence-corrected chi connectivity index (χ3v) is 6.61. The van der Waals surface area contributed by atoms with E-state index in [4.69, 9.17) is 0 Å². The van der Waals surface area contributed by atoms with Crippen molar-refractivity contribution in [2.24, 2.45) is 5.10 Å². The summed E-state index contributed by atoms with van der Waals surface area (Å²) in [6, 6.07) is 23.0. The number of anilines is 3. The summed E-state index contributed by atoms with van der Waals surface area (Å²) in [5, 5.41) is 19.1. The molecule has 0 unspecified atom stereocenters. The van der Waals surface area contributed by atoms with E-state index in [1.54, 1.807) is 36.4 Å². The van der Waals surface area contributed by atoms with Crippen molar-refractivity contribution < 1.29 is 9.72 Å². The molecule has 0 aliphatic carbocycles. The number of hydrogen-bond donors (Lipinski definition) is 2. The van der Waals surface area contributed by atoms with Crippen LogP contribution < -0.4 is 15.6 Å². The summed E-state index contributed by atoms with van der Waals surface area (Å²) in [6.45, 7) is 1.86. The van der Waals surface area contributed by atoms with E-state index in [-0.39, 0.29) is 11.6 Å². The van der Waals surface area contributed by atoms with Gasteiger partial charge in [0.2, 0.25) is 0 Å². The number of nitro groups is 1. The second kappa shape index (κ2) is 11.9. The van der Waals surface area contributed by atoms with Crippen molar-refractivity contribution in [1.29, 1.82) is 0 Å². The molecule has 1 heterocycles. The van der Waals surface area contributed by atoms with Crippen molar-refractivity contribution in [2.75, 3.05) is 24.3 Å². The summed E-state index contributed by atoms with van der Waals surface area (Å²) in [7, 11) is 3.97. The van der Waals surface area contributed by atoms with Crippen molar-refractivity contribution in [1.82, 2.24) is 10.4 Å². The smallest absolute Gasteiger partial charge is 0.271 e. The van der Waals surface area contributed by atoms with Gasteiger partial charge in [-0.15, -0.1) is 0 Å². The van der Waals surface area contributed by atoms with Gasteiger partial charge in [-0.1, -0.05) is 47.7 Å². The highest BCUT2D eigenvalue weighted by Crippen LogP contribution is 2.28. The molecule has 0 saturated heterocycles. The Morgan fingerprint density at radius 3 is 2.34 bits per heavy atom. The summed E-state index contributed by atoms with van der Waals surface area (Å²) < 4.78 is 0. The van der Waals surface area contributed by atoms with Gasteiger partial charge in [-0.25, -0.2) is 10.4 Å². The molecule has 0 saturated carbocycles. The SMILES string of the molecule is Cc1nc(Nc2ccc([N+](=O)[O-])cc2)sc1C(/C=C\c1ccc(N(C)C)cc1)=N\NC(=O)c1ccccc1. The van der Waals surface area contributed by atoms with E-state index in [1.165, 1.54) is 23.5 Å². The Morgan fingerprint density at radius 2 is 1.71 bits per heavy atom. The van der Waals surface area contributed by atoms with Gasteiger partial charge in [-0.2, -0.15) is 5.10 Å². The lowest BCUT2D eigenvalue weighted by atomic mass is 10.1. The van der Waals surface area contributed by atoms with E-state index in [0.717, 1.165) is 21.8 Å². The molecule has 3 aromatic carbocycles. The van der Waals surface area contributed by atoms with Crippen LogP contribution in [0.3, 0.4) is 0 Å². The molecule has 0 fully saturated rings. The van der Waals surface area contributed by atoms with E-state index in [2.05, 4.69) is 20.8 Å². The average Bonchev–Trinajstić information content (AvgIpc) is 3.29. The van der Waals surface area contributed by atoms with Crippen molar-refractivity contribution in [3.8, 4) is 0 Å². The number of allylic oxidation sites excluding steroid dienone is 1. The molecule has 0 radical (unpaired) electrons. The maximum atomic E-state index is 12.6. The number of rotatable bonds is 9. The summed E-state index contributed by atoms with van der Waals surface area (Å²) >= 11 is 1.37. The Balaban J connectivity index is 1.61. The summed E-state index contributed by atoms with van der Waals surface area (Å²) in [5.41, 5.74) is 7.16. The van der Waals surface area contributed by atoms with Crippen molar-refractivity contribution >= 4 is 51.2 Å². The first kappa shape index (κ1) is 26.2. The molecule has 4 aromatic rings. The molecule has 0 aliphatic heterocycles. The van der Waals surface area contributed by atoms with Gasteiger partial charge in [0.25, 0.3) is 11.6 Å². The largest absolute Gasteiger partial charge is 0.378 e. The number of hydrazone groups is 1. The van der Waals surface area contributed by atoms with Gasteiger partial charge >= 0.3 is 0 Å². The number of nitrogens with one attached hydrogen (secondary N) is 2. The highest BCUT2D eigenvalue weighted by molar-refractivity contribution is 7.17. The van der Waals surface area contributed by atoms with Crippen LogP contribution >= 0.6 is 11.3 Å². The minimum Gasteiger partial charge on any atom is -0.378 e. The molecule has 9 nitrogen and oxygen atoms in total. The Kier molecular flexibility index (Phi) is 8.24. The number of nitro benzene ring substituents is 1. The molecule has 10 heteroatoms. The zero-order chi connectivity index (χ0) is 27.1. The third kappa shape index (κ3) is 6.68. The zero-order valence-electron chi connectivity index (χ0n) is 21.1. The number of thiazole rings is 1. The topological polar surface area (TPSA) is 113 Å². The van der Waals surface area contributed by atoms with E-state index >= 15 is 0 Å². The summed E-state index contributed by atoms with van der Waals surface area (Å²) in [4.78, 5) is 30.5. The number of carbonyl (C=O) groups excluding carboxylic acids is 1. The monoisotopic (exact) mass is 526 g/mol. The second-order valence-corrected chi connectivity index (χ2v) is 9.48. The van der Waals surface area contributed by atoms with Crippen molar-refractivity contribution in [3.63, 3.8) is 0 Å². The first-order chi connectivity index (χ1) is 18.3. The summed E-state index contributed by atoms with van der Waals surface area (Å²) in [6.07, 6.45) is 3.77. The van der Waals surface area contributed by atoms with Crippen LogP contribution in [0.1, 0.15) is 26.5 Å². The second-order valence-electron chi connectivity index (χ2n) is 8.49. The van der Waals surface area contributed by atoms with Gasteiger partial charge in [0.1, 0.15) is 5.71 Å². The Bertz CT molecular complexity index is 1480. The van der Waals surface area contributed by atoms with Crippen LogP contribution in [0.25, 0.3) is 6.08 Å². The van der Waals surface area contributed by atoms with Crippen LogP contribution in [-0.2, 0) is 0 Å². The van der Waals surface area contributed by atoms with Gasteiger partial charge in [0.15, 0.2) is 5.13 Å². The van der Waals surface area contributed by atoms with Gasteiger partial charge in [0.05, 0.1) is 15.5 Å². The predicted molar refractivity (Wildman–Crippen MR) is 153 cm³/mol. The molecular formula is C28H26N6O3S. The lowest BCUT2D eigenvalue weighted by Gasteiger charge is -2.11. The number of amides is 1. The number of aryl methyl sites for hydroxylation is 1. The molecule has 0 bridgehead atoms. The van der Waals surface area contributed by atoms with E-state index in [0.29, 0.717) is 22.1 Å². The molecule has 1 aromatic heterocycles. The molecule has 192 valence electrons. The molecule has 0 aliphatic rings. The van der Waals surface area contributed by atoms with Crippen molar-refractivity contribution in [3.05, 3.63) is 117 Å². The van der Waals surface area contributed by atoms with Crippen molar-refractivity contribution in [2.45, 2.75) is 6.92 Å². The molecule has 0 spiro atoms. The maximum absolute atomic E-state index is 12.6. The lowest BCUT2D eigenvalue weighted by molar-refractivity contribution is -0.384. The number of hydrogen-bond acceptors (Lipinski definition) is 8. The van der Waals surface area contributed by atoms with E-state index in [1.807, 2.05) is 68.4 Å². The van der Waals surface area contributed by atoms with Crippen LogP contribution in [0.5, 0.6) is 0 Å². The molecule has 0 atom stereocenters. The quantitative estimate of drug-likeness (QED) is 0.157. The van der Waals surface area contributed by atoms with Crippen LogP contribution in [-0.4, -0.2) is 35.6 Å². The van der Waals surface area contributed by atoms with Gasteiger partial charge in [-0.05, 0) is 55.0 Å². The number of nitrogens with zero attached hydrogens (tertiary/aromatic N) is 4. The summed E-state index contributed by atoms with van der Waals surface area (Å²) in [5.74, 6) is -0.321. The van der Waals surface area contributed by atoms with Crippen LogP contribution in [0.4, 0.5) is 22.2 Å². The first-order valence-corrected chi connectivity index (χ1v) is 12.5. The van der Waals surface area contributed by atoms with E-state index in [9.17, 15) is 14.9 Å². The minimum absolute atomic E-state index is 0.0129. The highest BCUT2D eigenvalue weighted by atomic mass is 32.1. The Hall–Kier alpha value is -4.83. The zero-order valence-corrected chi connectivity index (χ0v) is 21.9. The fourth-order valence-electron chi connectivity index (χ4n) is 3.47. The predicted octanol–water partition coefficient (Wildman–Crippen LogP) is 6.02. The Labute approximate surface area is 224 Å². The molecule has 4 rings (SSSR count). The minimum atomic E-state index is -0.442. The maximum Gasteiger partial charge on any atom is 0.271 e. The fourth-order valence-corrected chi connectivity index (χ4v) is 4.42. The number of benzene rings is 3. The van der Waals surface area contributed by atoms with Gasteiger partial charge in [0, 0.05) is 43.2 Å². The molecular weight excluding hydrogens is 500 g/mol. The normalized spacial score (nSPS) is 11.4. The standard InChI is InChI=1S/C28H26N6O3S/c1-19-26(38-28(29-19)30-22-12-16-24(17-13-22)34(36)37)25(31-32-27(35)21-7-5-4-6-8-21)18-11-20-9-14-23(15-10-20)33(2)3/h4-18H,1-3H3,(H,29,30)(H,32,35)/b18-11-,31-25-. The van der Waals surface area contributed by atoms with E-state index < -0.39 is 4.92 Å². The first-order valence-electron chi connectivity index (χ1n) is 11.7. The number of non-ortho nitro benzene ring substituents is 1. The average molecular weight is 527 g/mol.